The van der Waals surface area contributed by atoms with Gasteiger partial charge in [-0.1, -0.05) is 47.5 Å². The molecule has 3 rings (SSSR count). The minimum atomic E-state index is 0.346. The molecule has 0 aliphatic carbocycles. The lowest BCUT2D eigenvalue weighted by molar-refractivity contribution is 0.112. The molecular formula is C16H10Cl2N2O. The van der Waals surface area contributed by atoms with Crippen LogP contribution in [0.3, 0.4) is 0 Å². The van der Waals surface area contributed by atoms with Gasteiger partial charge in [-0.2, -0.15) is 5.10 Å². The Morgan fingerprint density at radius 1 is 0.952 bits per heavy atom. The molecule has 0 aliphatic rings. The van der Waals surface area contributed by atoms with Crippen LogP contribution in [0.25, 0.3) is 10.8 Å². The Hall–Kier alpha value is -1.97. The van der Waals surface area contributed by atoms with Gasteiger partial charge in [-0.15, -0.1) is 5.10 Å². The molecule has 0 radical (unpaired) electrons. The second-order valence-electron chi connectivity index (χ2n) is 4.65. The number of halogens is 2. The van der Waals surface area contributed by atoms with E-state index in [0.717, 1.165) is 28.3 Å². The summed E-state index contributed by atoms with van der Waals surface area (Å²) in [6.07, 6.45) is 1.27. The first-order chi connectivity index (χ1) is 10.2. The van der Waals surface area contributed by atoms with Gasteiger partial charge >= 0.3 is 0 Å². The van der Waals surface area contributed by atoms with Gasteiger partial charge in [0.05, 0.1) is 5.69 Å². The normalized spacial score (nSPS) is 10.8. The number of carbonyl (C=O) groups is 1. The van der Waals surface area contributed by atoms with E-state index in [1.54, 1.807) is 6.07 Å². The van der Waals surface area contributed by atoms with E-state index in [-0.39, 0.29) is 0 Å². The molecule has 0 bridgehead atoms. The highest BCUT2D eigenvalue weighted by molar-refractivity contribution is 6.34. The van der Waals surface area contributed by atoms with Gasteiger partial charge in [0.25, 0.3) is 0 Å². The lowest BCUT2D eigenvalue weighted by atomic mass is 10.0. The van der Waals surface area contributed by atoms with Crippen molar-refractivity contribution in [2.75, 3.05) is 0 Å². The van der Waals surface area contributed by atoms with E-state index in [9.17, 15) is 4.79 Å². The van der Waals surface area contributed by atoms with Crippen LogP contribution in [0.5, 0.6) is 0 Å². The van der Waals surface area contributed by atoms with Crippen molar-refractivity contribution in [1.82, 2.24) is 10.2 Å². The number of benzene rings is 2. The molecule has 3 aromatic rings. The van der Waals surface area contributed by atoms with Crippen molar-refractivity contribution in [2.45, 2.75) is 6.42 Å². The average Bonchev–Trinajstić information content (AvgIpc) is 2.46. The third-order valence-electron chi connectivity index (χ3n) is 3.20. The lowest BCUT2D eigenvalue weighted by Crippen LogP contribution is -2.00. The van der Waals surface area contributed by atoms with Crippen LogP contribution in [0.1, 0.15) is 21.7 Å². The summed E-state index contributed by atoms with van der Waals surface area (Å²) in [4.78, 5) is 11.0. The van der Waals surface area contributed by atoms with Crippen LogP contribution >= 0.6 is 23.2 Å². The standard InChI is InChI=1S/C16H10Cl2N2O/c17-11-5-10(6-12(18)8-11)7-15-13-3-1-2-4-14(13)16(9-21)20-19-15/h1-6,8-9H,7H2. The summed E-state index contributed by atoms with van der Waals surface area (Å²) in [5.74, 6) is 0. The van der Waals surface area contributed by atoms with Crippen molar-refractivity contribution in [3.05, 3.63) is 69.5 Å². The predicted octanol–water partition coefficient (Wildman–Crippen LogP) is 4.34. The van der Waals surface area contributed by atoms with Gasteiger partial charge in [0.1, 0.15) is 5.69 Å². The second-order valence-corrected chi connectivity index (χ2v) is 5.52. The fraction of sp³-hybridized carbons (Fsp3) is 0.0625. The molecule has 0 fully saturated rings. The van der Waals surface area contributed by atoms with Crippen LogP contribution < -0.4 is 0 Å². The number of rotatable bonds is 3. The summed E-state index contributed by atoms with van der Waals surface area (Å²) in [6, 6.07) is 13.0. The van der Waals surface area contributed by atoms with Crippen LogP contribution in [-0.2, 0) is 6.42 Å². The fourth-order valence-electron chi connectivity index (χ4n) is 2.30. The molecule has 21 heavy (non-hydrogen) atoms. The van der Waals surface area contributed by atoms with Crippen molar-refractivity contribution in [2.24, 2.45) is 0 Å². The van der Waals surface area contributed by atoms with Crippen LogP contribution in [0.2, 0.25) is 10.0 Å². The fourth-order valence-corrected chi connectivity index (χ4v) is 2.88. The van der Waals surface area contributed by atoms with E-state index in [1.807, 2.05) is 36.4 Å². The molecule has 0 unspecified atom stereocenters. The Morgan fingerprint density at radius 2 is 1.62 bits per heavy atom. The van der Waals surface area contributed by atoms with Gasteiger partial charge in [0.2, 0.25) is 0 Å². The molecule has 5 heteroatoms. The number of fused-ring (bicyclic) bond motifs is 1. The van der Waals surface area contributed by atoms with E-state index in [1.165, 1.54) is 0 Å². The zero-order chi connectivity index (χ0) is 14.8. The first-order valence-corrected chi connectivity index (χ1v) is 7.07. The minimum Gasteiger partial charge on any atom is -0.296 e. The summed E-state index contributed by atoms with van der Waals surface area (Å²) in [7, 11) is 0. The Bertz CT molecular complexity index is 813. The molecule has 1 aromatic heterocycles. The monoisotopic (exact) mass is 316 g/mol. The van der Waals surface area contributed by atoms with E-state index in [2.05, 4.69) is 10.2 Å². The predicted molar refractivity (Wildman–Crippen MR) is 84.2 cm³/mol. The number of hydrogen-bond acceptors (Lipinski definition) is 3. The molecule has 2 aromatic carbocycles. The summed E-state index contributed by atoms with van der Waals surface area (Å²) < 4.78 is 0. The van der Waals surface area contributed by atoms with Crippen molar-refractivity contribution >= 4 is 40.3 Å². The van der Waals surface area contributed by atoms with Crippen LogP contribution in [0.4, 0.5) is 0 Å². The molecule has 0 N–H and O–H groups in total. The quantitative estimate of drug-likeness (QED) is 0.675. The number of carbonyl (C=O) groups excluding carboxylic acids is 1. The molecular weight excluding hydrogens is 307 g/mol. The molecule has 1 heterocycles. The van der Waals surface area contributed by atoms with Crippen LogP contribution in [0.15, 0.2) is 42.5 Å². The molecule has 3 nitrogen and oxygen atoms in total. The number of nitrogens with zero attached hydrogens (tertiary/aromatic N) is 2. The molecule has 0 saturated heterocycles. The summed E-state index contributed by atoms with van der Waals surface area (Å²) in [6.45, 7) is 0. The van der Waals surface area contributed by atoms with Crippen molar-refractivity contribution < 1.29 is 4.79 Å². The van der Waals surface area contributed by atoms with Crippen LogP contribution in [0, 0.1) is 0 Å². The molecule has 0 amide bonds. The SMILES string of the molecule is O=Cc1nnc(Cc2cc(Cl)cc(Cl)c2)c2ccccc12. The van der Waals surface area contributed by atoms with Crippen molar-refractivity contribution in [3.8, 4) is 0 Å². The third-order valence-corrected chi connectivity index (χ3v) is 3.63. The Morgan fingerprint density at radius 3 is 2.29 bits per heavy atom. The maximum atomic E-state index is 11.0. The molecule has 104 valence electrons. The molecule has 0 saturated carbocycles. The highest BCUT2D eigenvalue weighted by atomic mass is 35.5. The topological polar surface area (TPSA) is 42.9 Å². The molecule has 0 spiro atoms. The second kappa shape index (κ2) is 5.80. The van der Waals surface area contributed by atoms with E-state index in [0.29, 0.717) is 22.2 Å². The largest absolute Gasteiger partial charge is 0.296 e. The van der Waals surface area contributed by atoms with Crippen molar-refractivity contribution in [3.63, 3.8) is 0 Å². The first kappa shape index (κ1) is 14.0. The Labute approximate surface area is 131 Å². The van der Waals surface area contributed by atoms with E-state index >= 15 is 0 Å². The van der Waals surface area contributed by atoms with Gasteiger partial charge < -0.3 is 0 Å². The number of hydrogen-bond donors (Lipinski definition) is 0. The zero-order valence-electron chi connectivity index (χ0n) is 10.9. The van der Waals surface area contributed by atoms with Gasteiger partial charge in [-0.25, -0.2) is 0 Å². The van der Waals surface area contributed by atoms with E-state index < -0.39 is 0 Å². The summed E-state index contributed by atoms with van der Waals surface area (Å²) >= 11 is 12.0. The van der Waals surface area contributed by atoms with E-state index in [4.69, 9.17) is 23.2 Å². The lowest BCUT2D eigenvalue weighted by Gasteiger charge is -2.07. The highest BCUT2D eigenvalue weighted by Gasteiger charge is 2.09. The minimum absolute atomic E-state index is 0.346. The summed E-state index contributed by atoms with van der Waals surface area (Å²) in [5.41, 5.74) is 2.08. The highest BCUT2D eigenvalue weighted by Crippen LogP contribution is 2.24. The number of aromatic nitrogens is 2. The Balaban J connectivity index is 2.11. The molecule has 0 aliphatic heterocycles. The van der Waals surface area contributed by atoms with Gasteiger partial charge in [-0.05, 0) is 23.8 Å². The average molecular weight is 317 g/mol. The number of aldehydes is 1. The smallest absolute Gasteiger partial charge is 0.170 e. The first-order valence-electron chi connectivity index (χ1n) is 6.32. The maximum absolute atomic E-state index is 11.0. The summed E-state index contributed by atoms with van der Waals surface area (Å²) in [5, 5.41) is 11.0. The van der Waals surface area contributed by atoms with Crippen LogP contribution in [-0.4, -0.2) is 16.5 Å². The maximum Gasteiger partial charge on any atom is 0.170 e. The van der Waals surface area contributed by atoms with Gasteiger partial charge in [0, 0.05) is 27.2 Å². The van der Waals surface area contributed by atoms with Crippen molar-refractivity contribution in [1.29, 1.82) is 0 Å². The van der Waals surface area contributed by atoms with Gasteiger partial charge in [0.15, 0.2) is 6.29 Å². The third kappa shape index (κ3) is 2.89. The molecule has 0 atom stereocenters. The Kier molecular flexibility index (Phi) is 3.86. The zero-order valence-corrected chi connectivity index (χ0v) is 12.4. The van der Waals surface area contributed by atoms with Gasteiger partial charge in [-0.3, -0.25) is 4.79 Å².